The lowest BCUT2D eigenvalue weighted by atomic mass is 10.0. The molecule has 2 N–H and O–H groups in total. The summed E-state index contributed by atoms with van der Waals surface area (Å²) in [4.78, 5) is 7.74. The van der Waals surface area contributed by atoms with Gasteiger partial charge in [-0.15, -0.1) is 0 Å². The highest BCUT2D eigenvalue weighted by molar-refractivity contribution is 5.38. The van der Waals surface area contributed by atoms with Crippen LogP contribution in [0.25, 0.3) is 0 Å². The zero-order valence-electron chi connectivity index (χ0n) is 10.6. The molecule has 4 nitrogen and oxygen atoms in total. The molecule has 1 unspecified atom stereocenters. The Bertz CT molecular complexity index is 358. The van der Waals surface area contributed by atoms with E-state index in [1.807, 2.05) is 6.92 Å². The molecule has 0 fully saturated rings. The Balaban J connectivity index is 2.79. The van der Waals surface area contributed by atoms with Crippen LogP contribution in [0.4, 0.5) is 10.2 Å². The van der Waals surface area contributed by atoms with Gasteiger partial charge in [0.25, 0.3) is 0 Å². The van der Waals surface area contributed by atoms with Crippen LogP contribution in [-0.2, 0) is 6.42 Å². The summed E-state index contributed by atoms with van der Waals surface area (Å²) in [7, 11) is 0. The van der Waals surface area contributed by atoms with Crippen molar-refractivity contribution in [2.75, 3.05) is 11.9 Å². The topological polar surface area (TPSA) is 58.0 Å². The van der Waals surface area contributed by atoms with Gasteiger partial charge in [0.2, 0.25) is 0 Å². The second kappa shape index (κ2) is 6.49. The molecule has 1 atom stereocenters. The van der Waals surface area contributed by atoms with Crippen molar-refractivity contribution in [1.29, 1.82) is 0 Å². The average molecular weight is 241 g/mol. The van der Waals surface area contributed by atoms with Crippen LogP contribution in [0.1, 0.15) is 32.9 Å². The zero-order valence-corrected chi connectivity index (χ0v) is 10.6. The molecule has 0 aliphatic carbocycles. The highest BCUT2D eigenvalue weighted by atomic mass is 19.1. The summed E-state index contributed by atoms with van der Waals surface area (Å²) in [5.41, 5.74) is 0.392. The molecule has 1 heterocycles. The molecular formula is C12H20FN3O. The quantitative estimate of drug-likeness (QED) is 0.799. The van der Waals surface area contributed by atoms with E-state index in [4.69, 9.17) is 0 Å². The number of nitrogens with zero attached hydrogens (tertiary/aromatic N) is 2. The number of aliphatic hydroxyl groups is 1. The van der Waals surface area contributed by atoms with Crippen LogP contribution in [0.5, 0.6) is 0 Å². The maximum absolute atomic E-state index is 13.8. The predicted molar refractivity (Wildman–Crippen MR) is 65.3 cm³/mol. The summed E-state index contributed by atoms with van der Waals surface area (Å²) in [6.45, 7) is 5.91. The van der Waals surface area contributed by atoms with Crippen LogP contribution in [-0.4, -0.2) is 27.7 Å². The van der Waals surface area contributed by atoms with E-state index >= 15 is 0 Å². The summed E-state index contributed by atoms with van der Waals surface area (Å²) in [6, 6.07) is -0.177. The smallest absolute Gasteiger partial charge is 0.186 e. The molecule has 0 amide bonds. The molecule has 1 aromatic heterocycles. The van der Waals surface area contributed by atoms with E-state index in [-0.39, 0.29) is 18.5 Å². The number of hydrogen-bond donors (Lipinski definition) is 2. The van der Waals surface area contributed by atoms with Gasteiger partial charge in [0, 0.05) is 0 Å². The van der Waals surface area contributed by atoms with Crippen molar-refractivity contribution < 1.29 is 9.50 Å². The third-order valence-corrected chi connectivity index (χ3v) is 2.51. The monoisotopic (exact) mass is 241 g/mol. The molecule has 5 heteroatoms. The number of aryl methyl sites for hydroxylation is 1. The van der Waals surface area contributed by atoms with Crippen LogP contribution >= 0.6 is 0 Å². The van der Waals surface area contributed by atoms with Crippen molar-refractivity contribution in [2.24, 2.45) is 5.92 Å². The lowest BCUT2D eigenvalue weighted by Gasteiger charge is -2.19. The van der Waals surface area contributed by atoms with Crippen molar-refractivity contribution >= 4 is 5.82 Å². The van der Waals surface area contributed by atoms with Gasteiger partial charge < -0.3 is 10.4 Å². The first-order valence-electron chi connectivity index (χ1n) is 5.95. The van der Waals surface area contributed by atoms with E-state index in [0.29, 0.717) is 18.0 Å². The zero-order chi connectivity index (χ0) is 12.8. The molecule has 0 spiro atoms. The first-order valence-corrected chi connectivity index (χ1v) is 5.95. The molecule has 1 aromatic rings. The first-order chi connectivity index (χ1) is 8.08. The number of nitrogens with one attached hydrogen (secondary N) is 1. The Kier molecular flexibility index (Phi) is 5.28. The Morgan fingerprint density at radius 3 is 2.65 bits per heavy atom. The molecule has 0 saturated heterocycles. The Labute approximate surface area is 101 Å². The Morgan fingerprint density at radius 2 is 2.12 bits per heavy atom. The van der Waals surface area contributed by atoms with E-state index in [2.05, 4.69) is 29.1 Å². The molecule has 0 bridgehead atoms. The summed E-state index contributed by atoms with van der Waals surface area (Å²) in [5, 5.41) is 12.2. The number of aliphatic hydroxyl groups excluding tert-OH is 1. The Hall–Kier alpha value is -1.23. The average Bonchev–Trinajstić information content (AvgIpc) is 2.30. The third kappa shape index (κ3) is 3.93. The van der Waals surface area contributed by atoms with Crippen LogP contribution in [0.3, 0.4) is 0 Å². The molecule has 0 aliphatic heterocycles. The third-order valence-electron chi connectivity index (χ3n) is 2.51. The highest BCUT2D eigenvalue weighted by Gasteiger charge is 2.15. The number of aromatic nitrogens is 2. The van der Waals surface area contributed by atoms with Crippen molar-refractivity contribution in [3.8, 4) is 0 Å². The molecule has 0 radical (unpaired) electrons. The summed E-state index contributed by atoms with van der Waals surface area (Å²) in [5.74, 6) is 0.184. The number of anilines is 1. The molecule has 17 heavy (non-hydrogen) atoms. The highest BCUT2D eigenvalue weighted by Crippen LogP contribution is 2.16. The number of hydrogen-bond acceptors (Lipinski definition) is 4. The lowest BCUT2D eigenvalue weighted by molar-refractivity contribution is 0.259. The molecule has 0 aliphatic rings. The molecular weight excluding hydrogens is 221 g/mol. The molecule has 1 rings (SSSR count). The van der Waals surface area contributed by atoms with E-state index in [9.17, 15) is 9.50 Å². The summed E-state index contributed by atoms with van der Waals surface area (Å²) >= 11 is 0. The van der Waals surface area contributed by atoms with Crippen molar-refractivity contribution in [3.05, 3.63) is 17.8 Å². The second-order valence-corrected chi connectivity index (χ2v) is 4.49. The largest absolute Gasteiger partial charge is 0.394 e. The normalized spacial score (nSPS) is 12.8. The van der Waals surface area contributed by atoms with E-state index < -0.39 is 5.82 Å². The van der Waals surface area contributed by atoms with Gasteiger partial charge in [0.05, 0.1) is 18.3 Å². The standard InChI is InChI=1S/C12H20FN3O/c1-4-10-11(13)12(15-7-14-10)16-9(6-17)5-8(2)3/h7-9,17H,4-6H2,1-3H3,(H,14,15,16). The van der Waals surface area contributed by atoms with Gasteiger partial charge in [-0.3, -0.25) is 0 Å². The van der Waals surface area contributed by atoms with Gasteiger partial charge in [0.15, 0.2) is 11.6 Å². The predicted octanol–water partition coefficient (Wildman–Crippen LogP) is 2.00. The molecule has 0 aromatic carbocycles. The van der Waals surface area contributed by atoms with Crippen LogP contribution in [0, 0.1) is 11.7 Å². The van der Waals surface area contributed by atoms with Gasteiger partial charge in [-0.05, 0) is 18.8 Å². The van der Waals surface area contributed by atoms with Crippen molar-refractivity contribution in [3.63, 3.8) is 0 Å². The number of halogens is 1. The maximum atomic E-state index is 13.8. The summed E-state index contributed by atoms with van der Waals surface area (Å²) < 4.78 is 13.8. The van der Waals surface area contributed by atoms with Crippen molar-refractivity contribution in [2.45, 2.75) is 39.7 Å². The van der Waals surface area contributed by atoms with E-state index in [0.717, 1.165) is 6.42 Å². The van der Waals surface area contributed by atoms with E-state index in [1.54, 1.807) is 0 Å². The summed E-state index contributed by atoms with van der Waals surface area (Å²) in [6.07, 6.45) is 2.63. The van der Waals surface area contributed by atoms with E-state index in [1.165, 1.54) is 6.33 Å². The van der Waals surface area contributed by atoms with Crippen molar-refractivity contribution in [1.82, 2.24) is 9.97 Å². The van der Waals surface area contributed by atoms with Gasteiger partial charge >= 0.3 is 0 Å². The fourth-order valence-corrected chi connectivity index (χ4v) is 1.69. The lowest BCUT2D eigenvalue weighted by Crippen LogP contribution is -2.27. The maximum Gasteiger partial charge on any atom is 0.186 e. The number of rotatable bonds is 6. The van der Waals surface area contributed by atoms with Gasteiger partial charge in [-0.2, -0.15) is 0 Å². The fraction of sp³-hybridized carbons (Fsp3) is 0.667. The minimum Gasteiger partial charge on any atom is -0.394 e. The molecule has 0 saturated carbocycles. The van der Waals surface area contributed by atoms with Crippen LogP contribution < -0.4 is 5.32 Å². The van der Waals surface area contributed by atoms with Crippen LogP contribution in [0.15, 0.2) is 6.33 Å². The Morgan fingerprint density at radius 1 is 1.41 bits per heavy atom. The van der Waals surface area contributed by atoms with Crippen LogP contribution in [0.2, 0.25) is 0 Å². The minimum atomic E-state index is -0.419. The SMILES string of the molecule is CCc1ncnc(NC(CO)CC(C)C)c1F. The molecule has 96 valence electrons. The minimum absolute atomic E-state index is 0.0386. The van der Waals surface area contributed by atoms with Gasteiger partial charge in [-0.25, -0.2) is 14.4 Å². The van der Waals surface area contributed by atoms with Gasteiger partial charge in [-0.1, -0.05) is 20.8 Å². The fourth-order valence-electron chi connectivity index (χ4n) is 1.69. The van der Waals surface area contributed by atoms with Gasteiger partial charge in [0.1, 0.15) is 6.33 Å². The second-order valence-electron chi connectivity index (χ2n) is 4.49. The first kappa shape index (κ1) is 13.8.